The van der Waals surface area contributed by atoms with Crippen molar-refractivity contribution in [2.45, 2.75) is 72.5 Å². The van der Waals surface area contributed by atoms with Crippen molar-refractivity contribution in [3.8, 4) is 0 Å². The van der Waals surface area contributed by atoms with E-state index in [0.29, 0.717) is 11.5 Å². The Kier molecular flexibility index (Phi) is 6.65. The van der Waals surface area contributed by atoms with E-state index in [9.17, 15) is 9.59 Å². The number of carbonyl (C=O) groups is 2. The number of amides is 2. The number of oxazole rings is 1. The Morgan fingerprint density at radius 1 is 1.11 bits per heavy atom. The minimum Gasteiger partial charge on any atom is -0.446 e. The summed E-state index contributed by atoms with van der Waals surface area (Å²) < 4.78 is 5.43. The third-order valence-electron chi connectivity index (χ3n) is 4.39. The van der Waals surface area contributed by atoms with Crippen molar-refractivity contribution in [2.75, 3.05) is 0 Å². The van der Waals surface area contributed by atoms with Crippen LogP contribution in [0.4, 0.5) is 0 Å². The molecule has 1 N–H and O–H groups in total. The van der Waals surface area contributed by atoms with E-state index in [4.69, 9.17) is 4.42 Å². The number of rotatable bonds is 6. The van der Waals surface area contributed by atoms with Crippen LogP contribution >= 0.6 is 0 Å². The Bertz CT molecular complexity index is 814. The highest BCUT2D eigenvalue weighted by Crippen LogP contribution is 2.23. The molecule has 0 aliphatic heterocycles. The smallest absolute Gasteiger partial charge is 0.273 e. The summed E-state index contributed by atoms with van der Waals surface area (Å²) in [6, 6.07) is 7.66. The van der Waals surface area contributed by atoms with E-state index < -0.39 is 0 Å². The number of hydrogen-bond donors (Lipinski definition) is 1. The first kappa shape index (κ1) is 21.7. The third kappa shape index (κ3) is 5.44. The van der Waals surface area contributed by atoms with E-state index in [2.05, 4.69) is 31.1 Å². The lowest BCUT2D eigenvalue weighted by atomic mass is 9.86. The molecule has 0 atom stereocenters. The second-order valence-electron chi connectivity index (χ2n) is 8.61. The lowest BCUT2D eigenvalue weighted by Gasteiger charge is -2.26. The minimum atomic E-state index is -0.287. The number of nitrogens with zero attached hydrogens (tertiary/aromatic N) is 2. The Morgan fingerprint density at radius 2 is 1.71 bits per heavy atom. The molecule has 0 fully saturated rings. The van der Waals surface area contributed by atoms with Crippen LogP contribution in [-0.2, 0) is 12.0 Å². The van der Waals surface area contributed by atoms with Gasteiger partial charge in [0, 0.05) is 17.6 Å². The molecule has 0 bridgehead atoms. The van der Waals surface area contributed by atoms with Gasteiger partial charge in [-0.15, -0.1) is 0 Å². The molecule has 1 aromatic heterocycles. The normalized spacial score (nSPS) is 11.8. The molecule has 2 rings (SSSR count). The predicted molar refractivity (Wildman–Crippen MR) is 109 cm³/mol. The quantitative estimate of drug-likeness (QED) is 0.810. The van der Waals surface area contributed by atoms with E-state index in [1.54, 1.807) is 4.90 Å². The molecule has 6 nitrogen and oxygen atoms in total. The summed E-state index contributed by atoms with van der Waals surface area (Å²) in [5, 5.41) is 2.77. The zero-order valence-electron chi connectivity index (χ0n) is 17.9. The zero-order valence-corrected chi connectivity index (χ0v) is 17.9. The first-order valence-electron chi connectivity index (χ1n) is 9.65. The topological polar surface area (TPSA) is 75.4 Å². The Morgan fingerprint density at radius 3 is 2.21 bits per heavy atom. The molecule has 0 spiro atoms. The van der Waals surface area contributed by atoms with Gasteiger partial charge >= 0.3 is 0 Å². The van der Waals surface area contributed by atoms with Crippen LogP contribution in [0.3, 0.4) is 0 Å². The number of benzene rings is 1. The lowest BCUT2D eigenvalue weighted by molar-refractivity contribution is 0.0672. The monoisotopic (exact) mass is 385 g/mol. The van der Waals surface area contributed by atoms with Gasteiger partial charge in [-0.3, -0.25) is 9.59 Å². The van der Waals surface area contributed by atoms with E-state index >= 15 is 0 Å². The fraction of sp³-hybridized carbons (Fsp3) is 0.500. The summed E-state index contributed by atoms with van der Waals surface area (Å²) in [5.41, 5.74) is 2.04. The number of nitrogens with one attached hydrogen (secondary N) is 1. The molecule has 2 amide bonds. The molecule has 2 aromatic rings. The molecule has 152 valence electrons. The van der Waals surface area contributed by atoms with Gasteiger partial charge in [-0.05, 0) is 50.8 Å². The fourth-order valence-electron chi connectivity index (χ4n) is 2.74. The maximum atomic E-state index is 13.0. The van der Waals surface area contributed by atoms with Crippen LogP contribution in [0.25, 0.3) is 0 Å². The second kappa shape index (κ2) is 8.59. The number of aromatic nitrogens is 1. The molecule has 0 unspecified atom stereocenters. The molecule has 0 radical (unpaired) electrons. The van der Waals surface area contributed by atoms with Gasteiger partial charge in [-0.25, -0.2) is 4.98 Å². The largest absolute Gasteiger partial charge is 0.446 e. The van der Waals surface area contributed by atoms with E-state index in [-0.39, 0.29) is 41.6 Å². The van der Waals surface area contributed by atoms with Gasteiger partial charge < -0.3 is 14.6 Å². The molecule has 1 aromatic carbocycles. The van der Waals surface area contributed by atoms with Crippen molar-refractivity contribution >= 4 is 11.8 Å². The standard InChI is InChI=1S/C22H31N3O3/c1-14(2)23-20(26)18-13-28-19(24-18)12-25(15(3)4)21(27)16-8-10-17(11-9-16)22(5,6)7/h8-11,13-15H,12H2,1-7H3,(H,23,26). The summed E-state index contributed by atoms with van der Waals surface area (Å²) >= 11 is 0. The van der Waals surface area contributed by atoms with E-state index in [0.717, 1.165) is 0 Å². The van der Waals surface area contributed by atoms with Crippen molar-refractivity contribution in [3.63, 3.8) is 0 Å². The Balaban J connectivity index is 2.16. The molecular weight excluding hydrogens is 354 g/mol. The zero-order chi connectivity index (χ0) is 21.1. The van der Waals surface area contributed by atoms with Gasteiger partial charge in [0.2, 0.25) is 5.89 Å². The molecule has 0 saturated heterocycles. The molecule has 28 heavy (non-hydrogen) atoms. The molecule has 6 heteroatoms. The molecule has 0 aliphatic rings. The van der Waals surface area contributed by atoms with E-state index in [1.807, 2.05) is 52.0 Å². The average Bonchev–Trinajstić information content (AvgIpc) is 3.06. The summed E-state index contributed by atoms with van der Waals surface area (Å²) in [6.07, 6.45) is 1.33. The SMILES string of the molecule is CC(C)NC(=O)c1coc(CN(C(=O)c2ccc(C(C)(C)C)cc2)C(C)C)n1. The lowest BCUT2D eigenvalue weighted by Crippen LogP contribution is -2.36. The molecule has 1 heterocycles. The van der Waals surface area contributed by atoms with Crippen molar-refractivity contribution in [1.82, 2.24) is 15.2 Å². The van der Waals surface area contributed by atoms with Crippen LogP contribution in [0.1, 0.15) is 80.8 Å². The highest BCUT2D eigenvalue weighted by molar-refractivity contribution is 5.94. The van der Waals surface area contributed by atoms with Gasteiger partial charge in [0.25, 0.3) is 11.8 Å². The van der Waals surface area contributed by atoms with Gasteiger partial charge in [-0.1, -0.05) is 32.9 Å². The summed E-state index contributed by atoms with van der Waals surface area (Å²) in [7, 11) is 0. The summed E-state index contributed by atoms with van der Waals surface area (Å²) in [4.78, 5) is 31.0. The summed E-state index contributed by atoms with van der Waals surface area (Å²) in [5.74, 6) is -0.0469. The van der Waals surface area contributed by atoms with Crippen molar-refractivity contribution in [2.24, 2.45) is 0 Å². The fourth-order valence-corrected chi connectivity index (χ4v) is 2.74. The third-order valence-corrected chi connectivity index (χ3v) is 4.39. The van der Waals surface area contributed by atoms with Crippen LogP contribution in [-0.4, -0.2) is 33.8 Å². The van der Waals surface area contributed by atoms with Crippen LogP contribution < -0.4 is 5.32 Å². The first-order valence-corrected chi connectivity index (χ1v) is 9.65. The summed E-state index contributed by atoms with van der Waals surface area (Å²) in [6.45, 7) is 14.3. The number of carbonyl (C=O) groups excluding carboxylic acids is 2. The maximum absolute atomic E-state index is 13.0. The average molecular weight is 386 g/mol. The van der Waals surface area contributed by atoms with Gasteiger partial charge in [-0.2, -0.15) is 0 Å². The van der Waals surface area contributed by atoms with E-state index in [1.165, 1.54) is 11.8 Å². The molecule has 0 saturated carbocycles. The van der Waals surface area contributed by atoms with Crippen LogP contribution in [0.15, 0.2) is 34.9 Å². The highest BCUT2D eigenvalue weighted by Gasteiger charge is 2.23. The molecular formula is C22H31N3O3. The predicted octanol–water partition coefficient (Wildman–Crippen LogP) is 4.16. The van der Waals surface area contributed by atoms with Crippen molar-refractivity contribution in [1.29, 1.82) is 0 Å². The Hall–Kier alpha value is -2.63. The number of hydrogen-bond acceptors (Lipinski definition) is 4. The Labute approximate surface area is 167 Å². The first-order chi connectivity index (χ1) is 13.0. The maximum Gasteiger partial charge on any atom is 0.273 e. The van der Waals surface area contributed by atoms with Crippen molar-refractivity contribution in [3.05, 3.63) is 53.2 Å². The van der Waals surface area contributed by atoms with Crippen molar-refractivity contribution < 1.29 is 14.0 Å². The van der Waals surface area contributed by atoms with Crippen LogP contribution in [0.2, 0.25) is 0 Å². The van der Waals surface area contributed by atoms with Crippen LogP contribution in [0, 0.1) is 0 Å². The van der Waals surface area contributed by atoms with Crippen LogP contribution in [0.5, 0.6) is 0 Å². The second-order valence-corrected chi connectivity index (χ2v) is 8.61. The van der Waals surface area contributed by atoms with Gasteiger partial charge in [0.05, 0.1) is 6.54 Å². The van der Waals surface area contributed by atoms with Gasteiger partial charge in [0.15, 0.2) is 5.69 Å². The molecule has 0 aliphatic carbocycles. The highest BCUT2D eigenvalue weighted by atomic mass is 16.3. The minimum absolute atomic E-state index is 0.0115. The van der Waals surface area contributed by atoms with Gasteiger partial charge in [0.1, 0.15) is 6.26 Å².